The van der Waals surface area contributed by atoms with Crippen molar-refractivity contribution in [1.29, 1.82) is 0 Å². The number of aromatic hydroxyl groups is 1. The lowest BCUT2D eigenvalue weighted by Crippen LogP contribution is -2.01. The second kappa shape index (κ2) is 4.32. The summed E-state index contributed by atoms with van der Waals surface area (Å²) in [5.74, 6) is -0.553. The molecule has 0 spiro atoms. The van der Waals surface area contributed by atoms with Gasteiger partial charge in [-0.3, -0.25) is 0 Å². The van der Waals surface area contributed by atoms with Crippen LogP contribution in [0.2, 0.25) is 0 Å². The van der Waals surface area contributed by atoms with Gasteiger partial charge in [0.15, 0.2) is 0 Å². The second-order valence-electron chi connectivity index (χ2n) is 2.65. The van der Waals surface area contributed by atoms with Gasteiger partial charge in [-0.15, -0.1) is 0 Å². The van der Waals surface area contributed by atoms with Gasteiger partial charge in [-0.1, -0.05) is 6.08 Å². The van der Waals surface area contributed by atoms with E-state index in [1.165, 1.54) is 24.5 Å². The molecule has 0 radical (unpaired) electrons. The Morgan fingerprint density at radius 2 is 2.29 bits per heavy atom. The largest absolute Gasteiger partial charge is 0.506 e. The van der Waals surface area contributed by atoms with Gasteiger partial charge in [-0.25, -0.2) is 4.79 Å². The highest BCUT2D eigenvalue weighted by molar-refractivity contribution is 5.91. The van der Waals surface area contributed by atoms with Crippen LogP contribution in [0.5, 0.6) is 5.75 Å². The van der Waals surface area contributed by atoms with Crippen LogP contribution < -0.4 is 5.73 Å². The Balaban J connectivity index is 2.86. The number of allylic oxidation sites excluding steroid dienone is 1. The number of hydrogen-bond acceptors (Lipinski definition) is 4. The summed E-state index contributed by atoms with van der Waals surface area (Å²) in [5, 5.41) is 9.11. The zero-order chi connectivity index (χ0) is 10.6. The van der Waals surface area contributed by atoms with Gasteiger partial charge in [-0.05, 0) is 25.1 Å². The van der Waals surface area contributed by atoms with Gasteiger partial charge in [0.25, 0.3) is 0 Å². The highest BCUT2D eigenvalue weighted by atomic mass is 16.5. The summed E-state index contributed by atoms with van der Waals surface area (Å²) in [6.07, 6.45) is 2.88. The minimum absolute atomic E-state index is 0.0485. The number of ether oxygens (including phenoxy) is 1. The standard InChI is InChI=1S/C10H11NO3/c1-2-5-14-10(13)7-3-4-9(12)8(11)6-7/h2-6,12H,11H2,1H3. The van der Waals surface area contributed by atoms with Crippen LogP contribution in [0.3, 0.4) is 0 Å². The van der Waals surface area contributed by atoms with E-state index >= 15 is 0 Å². The van der Waals surface area contributed by atoms with E-state index in [1.54, 1.807) is 13.0 Å². The minimum Gasteiger partial charge on any atom is -0.506 e. The average molecular weight is 193 g/mol. The highest BCUT2D eigenvalue weighted by Gasteiger charge is 2.07. The van der Waals surface area contributed by atoms with Gasteiger partial charge < -0.3 is 15.6 Å². The summed E-state index contributed by atoms with van der Waals surface area (Å²) in [6.45, 7) is 1.73. The van der Waals surface area contributed by atoms with E-state index in [-0.39, 0.29) is 11.4 Å². The molecule has 0 heterocycles. The summed E-state index contributed by atoms with van der Waals surface area (Å²) in [6, 6.07) is 4.15. The van der Waals surface area contributed by atoms with Crippen LogP contribution in [0.15, 0.2) is 30.5 Å². The average Bonchev–Trinajstić information content (AvgIpc) is 2.18. The number of esters is 1. The molecule has 1 aromatic carbocycles. The number of phenols is 1. The van der Waals surface area contributed by atoms with Gasteiger partial charge in [0, 0.05) is 0 Å². The quantitative estimate of drug-likeness (QED) is 0.324. The Morgan fingerprint density at radius 1 is 1.57 bits per heavy atom. The number of phenolic OH excluding ortho intramolecular Hbond substituents is 1. The summed E-state index contributed by atoms with van der Waals surface area (Å²) >= 11 is 0. The minimum atomic E-state index is -0.505. The SMILES string of the molecule is CC=COC(=O)c1ccc(O)c(N)c1. The van der Waals surface area contributed by atoms with Crippen LogP contribution in [-0.2, 0) is 4.74 Å². The molecular weight excluding hydrogens is 182 g/mol. The van der Waals surface area contributed by atoms with Gasteiger partial charge >= 0.3 is 5.97 Å². The van der Waals surface area contributed by atoms with E-state index in [9.17, 15) is 4.79 Å². The Morgan fingerprint density at radius 3 is 2.86 bits per heavy atom. The Kier molecular flexibility index (Phi) is 3.12. The molecule has 0 aliphatic heterocycles. The topological polar surface area (TPSA) is 72.5 Å². The number of benzene rings is 1. The van der Waals surface area contributed by atoms with E-state index in [0.29, 0.717) is 5.56 Å². The van der Waals surface area contributed by atoms with E-state index in [4.69, 9.17) is 15.6 Å². The smallest absolute Gasteiger partial charge is 0.343 e. The molecule has 0 aromatic heterocycles. The lowest BCUT2D eigenvalue weighted by atomic mass is 10.2. The molecule has 4 nitrogen and oxygen atoms in total. The monoisotopic (exact) mass is 193 g/mol. The highest BCUT2D eigenvalue weighted by Crippen LogP contribution is 2.20. The summed E-state index contributed by atoms with van der Waals surface area (Å²) in [7, 11) is 0. The molecule has 1 aromatic rings. The van der Waals surface area contributed by atoms with E-state index in [0.717, 1.165) is 0 Å². The first-order valence-corrected chi connectivity index (χ1v) is 4.05. The predicted molar refractivity (Wildman–Crippen MR) is 52.7 cm³/mol. The predicted octanol–water partition coefficient (Wildman–Crippen LogP) is 1.66. The molecule has 3 N–H and O–H groups in total. The Hall–Kier alpha value is -1.97. The molecule has 0 aliphatic rings. The number of nitrogen functional groups attached to an aromatic ring is 1. The van der Waals surface area contributed by atoms with Crippen molar-refractivity contribution in [2.45, 2.75) is 6.92 Å². The second-order valence-corrected chi connectivity index (χ2v) is 2.65. The van der Waals surface area contributed by atoms with Gasteiger partial charge in [0.05, 0.1) is 17.5 Å². The van der Waals surface area contributed by atoms with Crippen molar-refractivity contribution in [1.82, 2.24) is 0 Å². The Bertz CT molecular complexity index is 372. The lowest BCUT2D eigenvalue weighted by molar-refractivity contribution is 0.0662. The molecule has 4 heteroatoms. The summed E-state index contributed by atoms with van der Waals surface area (Å²) in [4.78, 5) is 11.3. The van der Waals surface area contributed by atoms with Crippen LogP contribution in [-0.4, -0.2) is 11.1 Å². The fourth-order valence-electron chi connectivity index (χ4n) is 0.879. The number of nitrogens with two attached hydrogens (primary N) is 1. The van der Waals surface area contributed by atoms with Crippen LogP contribution in [0.4, 0.5) is 5.69 Å². The number of carbonyl (C=O) groups excluding carboxylic acids is 1. The molecule has 0 atom stereocenters. The fraction of sp³-hybridized carbons (Fsp3) is 0.100. The van der Waals surface area contributed by atoms with Crippen LogP contribution in [0, 0.1) is 0 Å². The molecule has 0 saturated carbocycles. The Labute approximate surface area is 81.6 Å². The first-order valence-electron chi connectivity index (χ1n) is 4.05. The summed E-state index contributed by atoms with van der Waals surface area (Å²) < 4.78 is 4.72. The summed E-state index contributed by atoms with van der Waals surface area (Å²) in [5.41, 5.74) is 5.87. The lowest BCUT2D eigenvalue weighted by Gasteiger charge is -2.01. The molecule has 0 amide bonds. The third kappa shape index (κ3) is 2.26. The van der Waals surface area contributed by atoms with Crippen molar-refractivity contribution in [2.75, 3.05) is 5.73 Å². The maximum absolute atomic E-state index is 11.3. The molecule has 74 valence electrons. The maximum Gasteiger partial charge on any atom is 0.343 e. The zero-order valence-electron chi connectivity index (χ0n) is 7.73. The molecule has 14 heavy (non-hydrogen) atoms. The number of anilines is 1. The molecule has 0 fully saturated rings. The maximum atomic E-state index is 11.3. The third-order valence-electron chi connectivity index (χ3n) is 1.57. The fourth-order valence-corrected chi connectivity index (χ4v) is 0.879. The van der Waals surface area contributed by atoms with Gasteiger partial charge in [-0.2, -0.15) is 0 Å². The van der Waals surface area contributed by atoms with E-state index < -0.39 is 5.97 Å². The van der Waals surface area contributed by atoms with Gasteiger partial charge in [0.2, 0.25) is 0 Å². The van der Waals surface area contributed by atoms with Crippen molar-refractivity contribution >= 4 is 11.7 Å². The van der Waals surface area contributed by atoms with Gasteiger partial charge in [0.1, 0.15) is 5.75 Å². The van der Waals surface area contributed by atoms with Crippen molar-refractivity contribution < 1.29 is 14.6 Å². The molecule has 1 rings (SSSR count). The number of rotatable bonds is 2. The van der Waals surface area contributed by atoms with E-state index in [1.807, 2.05) is 0 Å². The number of carbonyl (C=O) groups is 1. The molecule has 0 saturated heterocycles. The zero-order valence-corrected chi connectivity index (χ0v) is 7.73. The van der Waals surface area contributed by atoms with Crippen molar-refractivity contribution in [3.8, 4) is 5.75 Å². The first-order chi connectivity index (χ1) is 6.65. The normalized spacial score (nSPS) is 10.4. The van der Waals surface area contributed by atoms with Crippen LogP contribution in [0.25, 0.3) is 0 Å². The van der Waals surface area contributed by atoms with Crippen molar-refractivity contribution in [3.63, 3.8) is 0 Å². The number of hydrogen-bond donors (Lipinski definition) is 2. The van der Waals surface area contributed by atoms with Crippen LogP contribution >= 0.6 is 0 Å². The van der Waals surface area contributed by atoms with Crippen LogP contribution in [0.1, 0.15) is 17.3 Å². The molecule has 0 aliphatic carbocycles. The van der Waals surface area contributed by atoms with Crippen molar-refractivity contribution in [2.24, 2.45) is 0 Å². The van der Waals surface area contributed by atoms with Crippen molar-refractivity contribution in [3.05, 3.63) is 36.1 Å². The first kappa shape index (κ1) is 10.1. The molecular formula is C10H11NO3. The third-order valence-corrected chi connectivity index (χ3v) is 1.57. The van der Waals surface area contributed by atoms with E-state index in [2.05, 4.69) is 0 Å². The molecule has 0 bridgehead atoms. The molecule has 0 unspecified atom stereocenters.